The second-order valence-corrected chi connectivity index (χ2v) is 4.81. The van der Waals surface area contributed by atoms with Gasteiger partial charge in [-0.3, -0.25) is 11.3 Å². The number of rotatable bonds is 5. The molecule has 3 N–H and O–H groups in total. The lowest BCUT2D eigenvalue weighted by Gasteiger charge is -2.17. The van der Waals surface area contributed by atoms with Crippen molar-refractivity contribution in [2.45, 2.75) is 12.5 Å². The number of halogens is 2. The Morgan fingerprint density at radius 3 is 2.74 bits per heavy atom. The van der Waals surface area contributed by atoms with Gasteiger partial charge in [0.2, 0.25) is 0 Å². The zero-order valence-corrected chi connectivity index (χ0v) is 11.8. The largest absolute Gasteiger partial charge is 0.496 e. The number of hydrogen-bond donors (Lipinski definition) is 2. The summed E-state index contributed by atoms with van der Waals surface area (Å²) in [5, 5.41) is 0.966. The lowest BCUT2D eigenvalue weighted by molar-refractivity contribution is 0.405. The Kier molecular flexibility index (Phi) is 4.71. The van der Waals surface area contributed by atoms with Crippen molar-refractivity contribution in [3.63, 3.8) is 0 Å². The Balaban J connectivity index is 2.28. The van der Waals surface area contributed by atoms with Crippen molar-refractivity contribution in [1.29, 1.82) is 0 Å². The van der Waals surface area contributed by atoms with Gasteiger partial charge in [-0.2, -0.15) is 0 Å². The third-order valence-electron chi connectivity index (χ3n) is 2.89. The van der Waals surface area contributed by atoms with Crippen LogP contribution in [-0.2, 0) is 6.42 Å². The van der Waals surface area contributed by atoms with Crippen LogP contribution in [0.5, 0.6) is 5.75 Å². The summed E-state index contributed by atoms with van der Waals surface area (Å²) in [6, 6.07) is 7.04. The molecule has 0 saturated heterocycles. The summed E-state index contributed by atoms with van der Waals surface area (Å²) in [4.78, 5) is 0. The van der Waals surface area contributed by atoms with E-state index in [0.717, 1.165) is 16.9 Å². The number of methoxy groups -OCH3 is 1. The highest BCUT2D eigenvalue weighted by Gasteiger charge is 2.18. The average Bonchev–Trinajstić information content (AvgIpc) is 2.82. The molecule has 1 unspecified atom stereocenters. The third-order valence-corrected chi connectivity index (χ3v) is 3.43. The molecule has 19 heavy (non-hydrogen) atoms. The lowest BCUT2D eigenvalue weighted by atomic mass is 10.0. The topological polar surface area (TPSA) is 60.4 Å². The van der Waals surface area contributed by atoms with Crippen LogP contribution in [-0.4, -0.2) is 7.11 Å². The molecule has 1 aromatic carbocycles. The predicted octanol–water partition coefficient (Wildman–Crippen LogP) is 3.34. The maximum absolute atomic E-state index is 6.00. The quantitative estimate of drug-likeness (QED) is 0.657. The van der Waals surface area contributed by atoms with E-state index in [1.165, 1.54) is 6.26 Å². The van der Waals surface area contributed by atoms with E-state index in [9.17, 15) is 0 Å². The maximum atomic E-state index is 6.00. The molecular weight excluding hydrogens is 287 g/mol. The van der Waals surface area contributed by atoms with E-state index >= 15 is 0 Å². The van der Waals surface area contributed by atoms with E-state index in [4.69, 9.17) is 38.2 Å². The summed E-state index contributed by atoms with van der Waals surface area (Å²) in [7, 11) is 1.61. The van der Waals surface area contributed by atoms with E-state index in [2.05, 4.69) is 5.43 Å². The number of benzene rings is 1. The Bertz CT molecular complexity index is 557. The van der Waals surface area contributed by atoms with Crippen molar-refractivity contribution >= 4 is 23.2 Å². The average molecular weight is 301 g/mol. The van der Waals surface area contributed by atoms with Crippen LogP contribution in [0.15, 0.2) is 34.9 Å². The molecule has 1 aromatic heterocycles. The van der Waals surface area contributed by atoms with Crippen LogP contribution in [0, 0.1) is 0 Å². The normalized spacial score (nSPS) is 12.4. The molecule has 6 heteroatoms. The van der Waals surface area contributed by atoms with Crippen molar-refractivity contribution < 1.29 is 9.15 Å². The van der Waals surface area contributed by atoms with Gasteiger partial charge in [0.25, 0.3) is 0 Å². The summed E-state index contributed by atoms with van der Waals surface area (Å²) in [5.41, 5.74) is 4.46. The highest BCUT2D eigenvalue weighted by molar-refractivity contribution is 6.30. The summed E-state index contributed by atoms with van der Waals surface area (Å²) >= 11 is 12.0. The number of nitrogens with two attached hydrogens (primary N) is 1. The van der Waals surface area contributed by atoms with Crippen molar-refractivity contribution in [1.82, 2.24) is 5.43 Å². The fourth-order valence-corrected chi connectivity index (χ4v) is 2.38. The highest BCUT2D eigenvalue weighted by Crippen LogP contribution is 2.30. The standard InChI is InChI=1S/C13H14Cl2N2O2/c1-18-12-3-2-9(14)6-8(12)7-11(17-16)10-4-5-19-13(10)15/h2-6,11,17H,7,16H2,1H3. The van der Waals surface area contributed by atoms with E-state index in [1.807, 2.05) is 12.1 Å². The van der Waals surface area contributed by atoms with Crippen LogP contribution in [0.4, 0.5) is 0 Å². The Morgan fingerprint density at radius 2 is 2.16 bits per heavy atom. The minimum atomic E-state index is -0.182. The van der Waals surface area contributed by atoms with Crippen LogP contribution >= 0.6 is 23.2 Å². The molecule has 2 rings (SSSR count). The van der Waals surface area contributed by atoms with Crippen molar-refractivity contribution in [2.24, 2.45) is 5.84 Å². The van der Waals surface area contributed by atoms with Crippen LogP contribution in [0.25, 0.3) is 0 Å². The molecule has 1 atom stereocenters. The lowest BCUT2D eigenvalue weighted by Crippen LogP contribution is -2.29. The minimum Gasteiger partial charge on any atom is -0.496 e. The molecule has 2 aromatic rings. The molecule has 0 fully saturated rings. The molecule has 0 aliphatic rings. The van der Waals surface area contributed by atoms with Gasteiger partial charge in [-0.05, 0) is 47.9 Å². The van der Waals surface area contributed by atoms with Crippen LogP contribution in [0.2, 0.25) is 10.2 Å². The number of hydrogen-bond acceptors (Lipinski definition) is 4. The second kappa shape index (κ2) is 6.30. The first kappa shape index (κ1) is 14.2. The van der Waals surface area contributed by atoms with Gasteiger partial charge in [-0.15, -0.1) is 0 Å². The van der Waals surface area contributed by atoms with Crippen LogP contribution in [0.1, 0.15) is 17.2 Å². The number of ether oxygens (including phenoxy) is 1. The molecule has 102 valence electrons. The molecule has 0 aliphatic heterocycles. The first-order valence-corrected chi connectivity index (χ1v) is 6.42. The molecule has 0 bridgehead atoms. The smallest absolute Gasteiger partial charge is 0.197 e. The Hall–Kier alpha value is -1.20. The third kappa shape index (κ3) is 3.22. The fourth-order valence-electron chi connectivity index (χ4n) is 1.94. The monoisotopic (exact) mass is 300 g/mol. The van der Waals surface area contributed by atoms with Crippen LogP contribution in [0.3, 0.4) is 0 Å². The zero-order chi connectivity index (χ0) is 13.8. The van der Waals surface area contributed by atoms with Crippen molar-refractivity contribution in [2.75, 3.05) is 7.11 Å². The van der Waals surface area contributed by atoms with Gasteiger partial charge in [-0.25, -0.2) is 0 Å². The summed E-state index contributed by atoms with van der Waals surface area (Å²) in [6.07, 6.45) is 2.11. The number of hydrazine groups is 1. The van der Waals surface area contributed by atoms with Crippen molar-refractivity contribution in [3.05, 3.63) is 51.9 Å². The Morgan fingerprint density at radius 1 is 1.37 bits per heavy atom. The van der Waals surface area contributed by atoms with Gasteiger partial charge in [0.15, 0.2) is 5.22 Å². The molecule has 0 aliphatic carbocycles. The molecule has 0 saturated carbocycles. The molecule has 1 heterocycles. The van der Waals surface area contributed by atoms with E-state index < -0.39 is 0 Å². The first-order valence-electron chi connectivity index (χ1n) is 5.67. The molecular formula is C13H14Cl2N2O2. The number of furan rings is 1. The van der Waals surface area contributed by atoms with Crippen molar-refractivity contribution in [3.8, 4) is 5.75 Å². The molecule has 0 spiro atoms. The van der Waals surface area contributed by atoms with Gasteiger partial charge in [0.1, 0.15) is 5.75 Å². The predicted molar refractivity (Wildman–Crippen MR) is 75.5 cm³/mol. The summed E-state index contributed by atoms with van der Waals surface area (Å²) in [6.45, 7) is 0. The first-order chi connectivity index (χ1) is 9.15. The van der Waals surface area contributed by atoms with Gasteiger partial charge in [0.05, 0.1) is 19.4 Å². The van der Waals surface area contributed by atoms with Gasteiger partial charge in [-0.1, -0.05) is 11.6 Å². The SMILES string of the molecule is COc1ccc(Cl)cc1CC(NN)c1ccoc1Cl. The zero-order valence-electron chi connectivity index (χ0n) is 10.3. The summed E-state index contributed by atoms with van der Waals surface area (Å²) in [5.74, 6) is 6.34. The molecule has 0 radical (unpaired) electrons. The summed E-state index contributed by atoms with van der Waals surface area (Å²) < 4.78 is 10.4. The fraction of sp³-hybridized carbons (Fsp3) is 0.231. The minimum absolute atomic E-state index is 0.182. The molecule has 4 nitrogen and oxygen atoms in total. The van der Waals surface area contributed by atoms with E-state index in [1.54, 1.807) is 19.2 Å². The maximum Gasteiger partial charge on any atom is 0.197 e. The second-order valence-electron chi connectivity index (χ2n) is 4.03. The highest BCUT2D eigenvalue weighted by atomic mass is 35.5. The van der Waals surface area contributed by atoms with E-state index in [0.29, 0.717) is 16.7 Å². The number of nitrogens with one attached hydrogen (secondary N) is 1. The van der Waals surface area contributed by atoms with Gasteiger partial charge in [0, 0.05) is 10.6 Å². The van der Waals surface area contributed by atoms with Gasteiger partial charge >= 0.3 is 0 Å². The van der Waals surface area contributed by atoms with E-state index in [-0.39, 0.29) is 6.04 Å². The van der Waals surface area contributed by atoms with Crippen LogP contribution < -0.4 is 16.0 Å². The molecule has 0 amide bonds. The Labute approximate surface area is 121 Å². The van der Waals surface area contributed by atoms with Gasteiger partial charge < -0.3 is 9.15 Å².